The number of amides is 1. The first-order chi connectivity index (χ1) is 8.52. The molecule has 0 spiro atoms. The number of anilines is 1. The highest BCUT2D eigenvalue weighted by Gasteiger charge is 2.13. The fourth-order valence-corrected chi connectivity index (χ4v) is 1.82. The fourth-order valence-electron chi connectivity index (χ4n) is 1.65. The van der Waals surface area contributed by atoms with Crippen molar-refractivity contribution in [1.29, 1.82) is 0 Å². The predicted octanol–water partition coefficient (Wildman–Crippen LogP) is 2.60. The first-order valence-corrected chi connectivity index (χ1v) is 5.54. The molecule has 1 aromatic carbocycles. The monoisotopic (exact) mass is 263 g/mol. The van der Waals surface area contributed by atoms with Crippen molar-refractivity contribution in [3.63, 3.8) is 0 Å². The van der Waals surface area contributed by atoms with E-state index in [4.69, 9.17) is 16.0 Å². The number of carbonyl (C=O) groups is 1. The van der Waals surface area contributed by atoms with Gasteiger partial charge in [0.1, 0.15) is 5.58 Å². The highest BCUT2D eigenvalue weighted by atomic mass is 35.5. The lowest BCUT2D eigenvalue weighted by Crippen LogP contribution is -2.25. The van der Waals surface area contributed by atoms with Crippen LogP contribution in [0.15, 0.2) is 46.1 Å². The molecule has 0 radical (unpaired) electrons. The lowest BCUT2D eigenvalue weighted by molar-refractivity contribution is -0.113. The summed E-state index contributed by atoms with van der Waals surface area (Å²) in [6.45, 7) is 3.41. The van der Waals surface area contributed by atoms with Gasteiger partial charge in [-0.2, -0.15) is 0 Å². The van der Waals surface area contributed by atoms with Gasteiger partial charge in [-0.15, -0.1) is 0 Å². The van der Waals surface area contributed by atoms with E-state index in [0.717, 1.165) is 0 Å². The first kappa shape index (κ1) is 12.4. The smallest absolute Gasteiger partial charge is 0.338 e. The normalized spacial score (nSPS) is 10.3. The number of hydrogen-bond acceptors (Lipinski definition) is 3. The summed E-state index contributed by atoms with van der Waals surface area (Å²) >= 11 is 5.91. The minimum atomic E-state index is -0.525. The Morgan fingerprint density at radius 2 is 2.17 bits per heavy atom. The van der Waals surface area contributed by atoms with Crippen LogP contribution in [0, 0.1) is 0 Å². The van der Waals surface area contributed by atoms with Crippen molar-refractivity contribution in [2.75, 3.05) is 11.9 Å². The summed E-state index contributed by atoms with van der Waals surface area (Å²) in [7, 11) is 1.55. The lowest BCUT2D eigenvalue weighted by Gasteiger charge is -2.16. The SMILES string of the molecule is C=CC(=O)N(C)c1cc(=O)oc2ccc(Cl)cc12. The second-order valence-corrected chi connectivity index (χ2v) is 4.13. The van der Waals surface area contributed by atoms with Gasteiger partial charge in [0, 0.05) is 23.5 Å². The maximum Gasteiger partial charge on any atom is 0.338 e. The molecule has 0 bridgehead atoms. The number of hydrogen-bond donors (Lipinski definition) is 0. The van der Waals surface area contributed by atoms with E-state index in [1.165, 1.54) is 17.0 Å². The van der Waals surface area contributed by atoms with Crippen molar-refractivity contribution in [2.45, 2.75) is 0 Å². The molecule has 1 aromatic heterocycles. The molecule has 0 saturated heterocycles. The zero-order chi connectivity index (χ0) is 13.3. The van der Waals surface area contributed by atoms with Crippen LogP contribution in [0.3, 0.4) is 0 Å². The van der Waals surface area contributed by atoms with E-state index in [9.17, 15) is 9.59 Å². The van der Waals surface area contributed by atoms with E-state index in [1.54, 1.807) is 25.2 Å². The molecule has 5 heteroatoms. The van der Waals surface area contributed by atoms with Crippen LogP contribution in [-0.2, 0) is 4.79 Å². The molecule has 18 heavy (non-hydrogen) atoms. The Balaban J connectivity index is 2.75. The molecule has 2 rings (SSSR count). The number of carbonyl (C=O) groups excluding carboxylic acids is 1. The Morgan fingerprint density at radius 1 is 1.44 bits per heavy atom. The number of rotatable bonds is 2. The first-order valence-electron chi connectivity index (χ1n) is 5.16. The minimum Gasteiger partial charge on any atom is -0.423 e. The van der Waals surface area contributed by atoms with E-state index < -0.39 is 5.63 Å². The molecule has 0 saturated carbocycles. The summed E-state index contributed by atoms with van der Waals surface area (Å²) in [4.78, 5) is 24.4. The molecule has 92 valence electrons. The molecule has 0 aliphatic carbocycles. The van der Waals surface area contributed by atoms with Crippen LogP contribution >= 0.6 is 11.6 Å². The van der Waals surface area contributed by atoms with Crippen LogP contribution in [0.2, 0.25) is 5.02 Å². The van der Waals surface area contributed by atoms with E-state index in [-0.39, 0.29) is 5.91 Å². The zero-order valence-corrected chi connectivity index (χ0v) is 10.4. The van der Waals surface area contributed by atoms with Crippen molar-refractivity contribution in [2.24, 2.45) is 0 Å². The Labute approximate surface area is 108 Å². The van der Waals surface area contributed by atoms with E-state index in [2.05, 4.69) is 6.58 Å². The zero-order valence-electron chi connectivity index (χ0n) is 9.64. The minimum absolute atomic E-state index is 0.318. The second-order valence-electron chi connectivity index (χ2n) is 3.69. The van der Waals surface area contributed by atoms with Crippen LogP contribution in [0.25, 0.3) is 11.0 Å². The molecule has 1 amide bonds. The number of benzene rings is 1. The summed E-state index contributed by atoms with van der Waals surface area (Å²) in [6, 6.07) is 6.10. The summed E-state index contributed by atoms with van der Waals surface area (Å²) < 4.78 is 5.04. The number of halogens is 1. The molecule has 0 fully saturated rings. The van der Waals surface area contributed by atoms with Gasteiger partial charge in [0.15, 0.2) is 0 Å². The maximum atomic E-state index is 11.6. The van der Waals surface area contributed by atoms with E-state index in [0.29, 0.717) is 21.7 Å². The molecule has 0 aliphatic heterocycles. The number of likely N-dealkylation sites (N-methyl/N-ethyl adjacent to an activating group) is 1. The predicted molar refractivity (Wildman–Crippen MR) is 71.1 cm³/mol. The van der Waals surface area contributed by atoms with Gasteiger partial charge in [-0.25, -0.2) is 4.79 Å². The van der Waals surface area contributed by atoms with Gasteiger partial charge in [-0.1, -0.05) is 18.2 Å². The van der Waals surface area contributed by atoms with Gasteiger partial charge in [0.25, 0.3) is 0 Å². The van der Waals surface area contributed by atoms with Crippen LogP contribution < -0.4 is 10.5 Å². The quantitative estimate of drug-likeness (QED) is 0.618. The molecule has 1 heterocycles. The van der Waals surface area contributed by atoms with Crippen molar-refractivity contribution >= 4 is 34.2 Å². The summed E-state index contributed by atoms with van der Waals surface area (Å²) in [5, 5.41) is 1.09. The van der Waals surface area contributed by atoms with Crippen molar-refractivity contribution in [1.82, 2.24) is 0 Å². The van der Waals surface area contributed by atoms with Gasteiger partial charge < -0.3 is 9.32 Å². The molecular formula is C13H10ClNO3. The number of nitrogens with zero attached hydrogens (tertiary/aromatic N) is 1. The van der Waals surface area contributed by atoms with Gasteiger partial charge in [-0.05, 0) is 24.3 Å². The van der Waals surface area contributed by atoms with Gasteiger partial charge in [0.05, 0.1) is 5.69 Å². The van der Waals surface area contributed by atoms with Gasteiger partial charge >= 0.3 is 5.63 Å². The summed E-state index contributed by atoms with van der Waals surface area (Å²) in [5.74, 6) is -0.318. The van der Waals surface area contributed by atoms with E-state index in [1.807, 2.05) is 0 Å². The van der Waals surface area contributed by atoms with Crippen LogP contribution in [-0.4, -0.2) is 13.0 Å². The maximum absolute atomic E-state index is 11.6. The molecular weight excluding hydrogens is 254 g/mol. The second kappa shape index (κ2) is 4.66. The largest absolute Gasteiger partial charge is 0.423 e. The molecule has 0 unspecified atom stereocenters. The Morgan fingerprint density at radius 3 is 2.83 bits per heavy atom. The third-order valence-electron chi connectivity index (χ3n) is 2.55. The highest BCUT2D eigenvalue weighted by molar-refractivity contribution is 6.31. The van der Waals surface area contributed by atoms with E-state index >= 15 is 0 Å². The lowest BCUT2D eigenvalue weighted by atomic mass is 10.2. The van der Waals surface area contributed by atoms with Gasteiger partial charge in [0.2, 0.25) is 5.91 Å². The number of fused-ring (bicyclic) bond motifs is 1. The average Bonchev–Trinajstić information content (AvgIpc) is 2.36. The average molecular weight is 264 g/mol. The van der Waals surface area contributed by atoms with Crippen LogP contribution in [0.4, 0.5) is 5.69 Å². The third kappa shape index (κ3) is 2.15. The van der Waals surface area contributed by atoms with Crippen molar-refractivity contribution < 1.29 is 9.21 Å². The molecule has 2 aromatic rings. The summed E-state index contributed by atoms with van der Waals surface area (Å²) in [6.07, 6.45) is 1.17. The Bertz CT molecular complexity index is 690. The van der Waals surface area contributed by atoms with Gasteiger partial charge in [-0.3, -0.25) is 4.79 Å². The van der Waals surface area contributed by atoms with Crippen LogP contribution in [0.1, 0.15) is 0 Å². The molecule has 0 atom stereocenters. The molecule has 4 nitrogen and oxygen atoms in total. The molecule has 0 N–H and O–H groups in total. The highest BCUT2D eigenvalue weighted by Crippen LogP contribution is 2.27. The van der Waals surface area contributed by atoms with Crippen molar-refractivity contribution in [3.05, 3.63) is 52.4 Å². The topological polar surface area (TPSA) is 50.5 Å². The van der Waals surface area contributed by atoms with Crippen LogP contribution in [0.5, 0.6) is 0 Å². The summed E-state index contributed by atoms with van der Waals surface area (Å²) in [5.41, 5.74) is 0.294. The Hall–Kier alpha value is -2.07. The fraction of sp³-hybridized carbons (Fsp3) is 0.0769. The Kier molecular flexibility index (Phi) is 3.21. The third-order valence-corrected chi connectivity index (χ3v) is 2.78. The van der Waals surface area contributed by atoms with Crippen molar-refractivity contribution in [3.8, 4) is 0 Å². The standard InChI is InChI=1S/C13H10ClNO3/c1-3-12(16)15(2)10-7-13(17)18-11-5-4-8(14)6-9(10)11/h3-7H,1H2,2H3. The molecule has 0 aliphatic rings.